The average molecular weight is 569 g/mol. The summed E-state index contributed by atoms with van der Waals surface area (Å²) in [6.45, 7) is 3.58. The van der Waals surface area contributed by atoms with E-state index in [4.69, 9.17) is 0 Å². The monoisotopic (exact) mass is 568 g/mol. The Hall–Kier alpha value is -5.12. The van der Waals surface area contributed by atoms with E-state index >= 15 is 0 Å². The largest absolute Gasteiger partial charge is 0.322 e. The SMILES string of the molecule is CCC(=O)N(C)C(=NC)c1ccc(NC(=O)c2ccc(C(=O)Nc3ccc(C(=NC)N(C)C(=O)CC)cc3)cc2)cc1. The number of nitrogens with zero attached hydrogens (tertiary/aromatic N) is 4. The number of hydrogen-bond acceptors (Lipinski definition) is 6. The van der Waals surface area contributed by atoms with Gasteiger partial charge in [0.1, 0.15) is 11.7 Å². The number of amides is 4. The molecule has 0 spiro atoms. The number of nitrogens with one attached hydrogen (secondary N) is 2. The minimum atomic E-state index is -0.326. The number of amidine groups is 2. The lowest BCUT2D eigenvalue weighted by atomic mass is 10.1. The Bertz CT molecular complexity index is 1380. The van der Waals surface area contributed by atoms with Crippen molar-refractivity contribution < 1.29 is 19.2 Å². The maximum absolute atomic E-state index is 12.8. The first-order chi connectivity index (χ1) is 20.1. The number of carbonyl (C=O) groups is 4. The topological polar surface area (TPSA) is 124 Å². The van der Waals surface area contributed by atoms with E-state index in [1.807, 2.05) is 0 Å². The van der Waals surface area contributed by atoms with E-state index in [1.165, 1.54) is 9.80 Å². The molecule has 0 fully saturated rings. The first-order valence-electron chi connectivity index (χ1n) is 13.5. The fraction of sp³-hybridized carbons (Fsp3) is 0.250. The van der Waals surface area contributed by atoms with Crippen LogP contribution in [0.4, 0.5) is 11.4 Å². The summed E-state index contributed by atoms with van der Waals surface area (Å²) < 4.78 is 0. The Morgan fingerprint density at radius 2 is 0.833 bits per heavy atom. The van der Waals surface area contributed by atoms with Gasteiger partial charge in [-0.25, -0.2) is 0 Å². The number of rotatable bonds is 8. The van der Waals surface area contributed by atoms with Crippen molar-refractivity contribution in [3.8, 4) is 0 Å². The third-order valence-electron chi connectivity index (χ3n) is 6.62. The van der Waals surface area contributed by atoms with Gasteiger partial charge in [0.15, 0.2) is 0 Å². The molecule has 2 N–H and O–H groups in total. The molecule has 218 valence electrons. The zero-order chi connectivity index (χ0) is 30.8. The van der Waals surface area contributed by atoms with Crippen LogP contribution in [0.2, 0.25) is 0 Å². The summed E-state index contributed by atoms with van der Waals surface area (Å²) in [6, 6.07) is 20.4. The molecule has 0 aromatic heterocycles. The molecule has 0 aliphatic rings. The van der Waals surface area contributed by atoms with Gasteiger partial charge in [-0.3, -0.25) is 39.0 Å². The van der Waals surface area contributed by atoms with Crippen molar-refractivity contribution in [1.82, 2.24) is 9.80 Å². The van der Waals surface area contributed by atoms with Crippen LogP contribution in [-0.4, -0.2) is 73.3 Å². The van der Waals surface area contributed by atoms with Gasteiger partial charge in [-0.2, -0.15) is 0 Å². The van der Waals surface area contributed by atoms with Crippen LogP contribution in [0.25, 0.3) is 0 Å². The first kappa shape index (κ1) is 31.4. The normalized spacial score (nSPS) is 11.5. The predicted octanol–water partition coefficient (Wildman–Crippen LogP) is 4.68. The minimum absolute atomic E-state index is 0.0480. The zero-order valence-corrected chi connectivity index (χ0v) is 24.8. The van der Waals surface area contributed by atoms with Crippen LogP contribution >= 0.6 is 0 Å². The molecule has 0 unspecified atom stereocenters. The second kappa shape index (κ2) is 14.5. The van der Waals surface area contributed by atoms with Crippen molar-refractivity contribution in [2.45, 2.75) is 26.7 Å². The molecule has 10 nitrogen and oxygen atoms in total. The number of hydrogen-bond donors (Lipinski definition) is 2. The molecule has 10 heteroatoms. The van der Waals surface area contributed by atoms with Crippen LogP contribution in [0.1, 0.15) is 58.5 Å². The van der Waals surface area contributed by atoms with Crippen molar-refractivity contribution >= 4 is 46.7 Å². The van der Waals surface area contributed by atoms with E-state index in [1.54, 1.807) is 115 Å². The quantitative estimate of drug-likeness (QED) is 0.302. The standard InChI is InChI=1S/C32H36N6O4/c1-7-27(39)37(5)29(33-3)21-13-17-25(18-14-21)35-31(41)23-9-11-24(12-10-23)32(42)36-26-19-15-22(16-20-26)30(34-4)38(6)28(40)8-2/h9-20H,7-8H2,1-6H3,(H,35,41)(H,36,42). The van der Waals surface area contributed by atoms with Crippen molar-refractivity contribution in [2.75, 3.05) is 38.8 Å². The van der Waals surface area contributed by atoms with E-state index in [9.17, 15) is 19.2 Å². The van der Waals surface area contributed by atoms with Crippen molar-refractivity contribution in [3.05, 3.63) is 95.1 Å². The molecule has 0 saturated carbocycles. The zero-order valence-electron chi connectivity index (χ0n) is 24.8. The van der Waals surface area contributed by atoms with Crippen LogP contribution in [0.5, 0.6) is 0 Å². The van der Waals surface area contributed by atoms with Gasteiger partial charge in [0.25, 0.3) is 11.8 Å². The second-order valence-corrected chi connectivity index (χ2v) is 9.35. The van der Waals surface area contributed by atoms with Gasteiger partial charge in [0, 0.05) is 74.7 Å². The van der Waals surface area contributed by atoms with Gasteiger partial charge in [-0.1, -0.05) is 13.8 Å². The maximum atomic E-state index is 12.8. The molecule has 3 aromatic carbocycles. The number of anilines is 2. The summed E-state index contributed by atoms with van der Waals surface area (Å²) in [6.07, 6.45) is 0.738. The van der Waals surface area contributed by atoms with Crippen LogP contribution in [-0.2, 0) is 9.59 Å². The number of aliphatic imine (C=N–C) groups is 2. The lowest BCUT2D eigenvalue weighted by Gasteiger charge is -2.19. The number of benzene rings is 3. The molecule has 0 bridgehead atoms. The van der Waals surface area contributed by atoms with Gasteiger partial charge < -0.3 is 10.6 Å². The molecule has 0 aliphatic heterocycles. The summed E-state index contributed by atoms with van der Waals surface area (Å²) in [5.74, 6) is 0.335. The first-order valence-corrected chi connectivity index (χ1v) is 13.5. The Balaban J connectivity index is 1.62. The molecule has 42 heavy (non-hydrogen) atoms. The molecular formula is C32H36N6O4. The van der Waals surface area contributed by atoms with Crippen LogP contribution < -0.4 is 10.6 Å². The van der Waals surface area contributed by atoms with Gasteiger partial charge in [-0.15, -0.1) is 0 Å². The Labute approximate surface area is 246 Å². The summed E-state index contributed by atoms with van der Waals surface area (Å²) in [4.78, 5) is 61.2. The molecule has 4 amide bonds. The summed E-state index contributed by atoms with van der Waals surface area (Å²) >= 11 is 0. The lowest BCUT2D eigenvalue weighted by Crippen LogP contribution is -2.33. The second-order valence-electron chi connectivity index (χ2n) is 9.35. The third-order valence-corrected chi connectivity index (χ3v) is 6.62. The van der Waals surface area contributed by atoms with Crippen molar-refractivity contribution in [2.24, 2.45) is 9.98 Å². The highest BCUT2D eigenvalue weighted by molar-refractivity contribution is 6.10. The minimum Gasteiger partial charge on any atom is -0.322 e. The van der Waals surface area contributed by atoms with E-state index in [0.29, 0.717) is 47.0 Å². The van der Waals surface area contributed by atoms with Crippen molar-refractivity contribution in [3.63, 3.8) is 0 Å². The summed E-state index contributed by atoms with van der Waals surface area (Å²) in [5.41, 5.74) is 3.44. The highest BCUT2D eigenvalue weighted by Crippen LogP contribution is 2.16. The van der Waals surface area contributed by atoms with E-state index in [2.05, 4.69) is 20.6 Å². The van der Waals surface area contributed by atoms with E-state index in [0.717, 1.165) is 11.1 Å². The molecule has 3 aromatic rings. The van der Waals surface area contributed by atoms with Gasteiger partial charge in [0.2, 0.25) is 11.8 Å². The number of carbonyl (C=O) groups excluding carboxylic acids is 4. The third kappa shape index (κ3) is 7.54. The smallest absolute Gasteiger partial charge is 0.255 e. The molecule has 3 rings (SSSR count). The predicted molar refractivity (Wildman–Crippen MR) is 166 cm³/mol. The van der Waals surface area contributed by atoms with Gasteiger partial charge in [0.05, 0.1) is 0 Å². The van der Waals surface area contributed by atoms with Gasteiger partial charge in [-0.05, 0) is 72.8 Å². The Kier molecular flexibility index (Phi) is 10.8. The highest BCUT2D eigenvalue weighted by atomic mass is 16.2. The molecule has 0 atom stereocenters. The van der Waals surface area contributed by atoms with E-state index < -0.39 is 0 Å². The van der Waals surface area contributed by atoms with Gasteiger partial charge >= 0.3 is 0 Å². The highest BCUT2D eigenvalue weighted by Gasteiger charge is 2.16. The molecule has 0 saturated heterocycles. The molecule has 0 aliphatic carbocycles. The van der Waals surface area contributed by atoms with Crippen LogP contribution in [0, 0.1) is 0 Å². The molecule has 0 heterocycles. The fourth-order valence-electron chi connectivity index (χ4n) is 4.24. The Morgan fingerprint density at radius 3 is 1.10 bits per heavy atom. The van der Waals surface area contributed by atoms with E-state index in [-0.39, 0.29) is 23.6 Å². The Morgan fingerprint density at radius 1 is 0.548 bits per heavy atom. The summed E-state index contributed by atoms with van der Waals surface area (Å²) in [5, 5.41) is 5.68. The molecular weight excluding hydrogens is 532 g/mol. The molecule has 0 radical (unpaired) electrons. The van der Waals surface area contributed by atoms with Crippen molar-refractivity contribution in [1.29, 1.82) is 0 Å². The van der Waals surface area contributed by atoms with Crippen LogP contribution in [0.15, 0.2) is 82.8 Å². The summed E-state index contributed by atoms with van der Waals surface area (Å²) in [7, 11) is 6.61. The fourth-order valence-corrected chi connectivity index (χ4v) is 4.24. The van der Waals surface area contributed by atoms with Crippen LogP contribution in [0.3, 0.4) is 0 Å². The lowest BCUT2D eigenvalue weighted by molar-refractivity contribution is -0.126. The maximum Gasteiger partial charge on any atom is 0.255 e. The average Bonchev–Trinajstić information content (AvgIpc) is 3.02.